The molecule has 2 unspecified atom stereocenters. The van der Waals surface area contributed by atoms with Gasteiger partial charge in [-0.2, -0.15) is 0 Å². The molecule has 0 fully saturated rings. The standard InChI is InChI=1S/C34H36N6O2/c1-6-9-27(34-38-20-37-33(40-34)26-15-13-22(3)17-24(26)5)30(42-29-11-8-7-10-28(29)41)18-31-35-19-36-32(39-31)25-14-12-21(2)16-23(25)4/h7-8,10-17,19-20,27,30,41H,6,9,18H2,1-5H3. The molecule has 214 valence electrons. The fourth-order valence-corrected chi connectivity index (χ4v) is 5.26. The second-order valence-corrected chi connectivity index (χ2v) is 10.8. The fourth-order valence-electron chi connectivity index (χ4n) is 5.26. The highest BCUT2D eigenvalue weighted by molar-refractivity contribution is 5.61. The summed E-state index contributed by atoms with van der Waals surface area (Å²) in [7, 11) is 0. The van der Waals surface area contributed by atoms with Crippen LogP contribution in [0.1, 0.15) is 59.6 Å². The van der Waals surface area contributed by atoms with Gasteiger partial charge in [0, 0.05) is 17.5 Å². The number of aromatic nitrogens is 6. The van der Waals surface area contributed by atoms with Crippen molar-refractivity contribution in [3.05, 3.63) is 107 Å². The smallest absolute Gasteiger partial charge is 0.163 e. The first-order valence-electron chi connectivity index (χ1n) is 14.3. The van der Waals surface area contributed by atoms with Crippen molar-refractivity contribution in [3.8, 4) is 34.3 Å². The van der Waals surface area contributed by atoms with Crippen LogP contribution in [0.4, 0.5) is 0 Å². The summed E-state index contributed by atoms with van der Waals surface area (Å²) < 4.78 is 6.54. The van der Waals surface area contributed by atoms with Crippen molar-refractivity contribution in [2.45, 2.75) is 65.9 Å². The van der Waals surface area contributed by atoms with E-state index in [-0.39, 0.29) is 11.7 Å². The largest absolute Gasteiger partial charge is 0.504 e. The third-order valence-corrected chi connectivity index (χ3v) is 7.37. The molecule has 8 nitrogen and oxygen atoms in total. The zero-order valence-corrected chi connectivity index (χ0v) is 24.7. The molecule has 8 heteroatoms. The zero-order valence-electron chi connectivity index (χ0n) is 24.7. The van der Waals surface area contributed by atoms with Gasteiger partial charge in [-0.25, -0.2) is 29.9 Å². The summed E-state index contributed by atoms with van der Waals surface area (Å²) in [5.74, 6) is 2.69. The van der Waals surface area contributed by atoms with Crippen molar-refractivity contribution in [2.75, 3.05) is 0 Å². The van der Waals surface area contributed by atoms with Gasteiger partial charge >= 0.3 is 0 Å². The van der Waals surface area contributed by atoms with Crippen LogP contribution in [0.15, 0.2) is 73.3 Å². The quantitative estimate of drug-likeness (QED) is 0.196. The van der Waals surface area contributed by atoms with Gasteiger partial charge in [-0.15, -0.1) is 0 Å². The Kier molecular flexibility index (Phi) is 8.81. The van der Waals surface area contributed by atoms with Crippen LogP contribution in [0.5, 0.6) is 11.5 Å². The molecule has 0 aliphatic heterocycles. The molecule has 0 saturated heterocycles. The van der Waals surface area contributed by atoms with E-state index in [1.807, 2.05) is 18.2 Å². The van der Waals surface area contributed by atoms with E-state index in [0.717, 1.165) is 35.1 Å². The Morgan fingerprint density at radius 2 is 1.36 bits per heavy atom. The summed E-state index contributed by atoms with van der Waals surface area (Å²) >= 11 is 0. The highest BCUT2D eigenvalue weighted by atomic mass is 16.5. The molecular weight excluding hydrogens is 524 g/mol. The van der Waals surface area contributed by atoms with Gasteiger partial charge in [-0.05, 0) is 57.4 Å². The Hall–Kier alpha value is -4.72. The average Bonchev–Trinajstić information content (AvgIpc) is 2.97. The minimum absolute atomic E-state index is 0.0657. The number of phenols is 1. The Morgan fingerprint density at radius 1 is 0.738 bits per heavy atom. The Balaban J connectivity index is 1.54. The lowest BCUT2D eigenvalue weighted by atomic mass is 9.93. The molecule has 2 aromatic heterocycles. The molecule has 0 amide bonds. The maximum Gasteiger partial charge on any atom is 0.163 e. The van der Waals surface area contributed by atoms with Gasteiger partial charge in [-0.3, -0.25) is 0 Å². The lowest BCUT2D eigenvalue weighted by molar-refractivity contribution is 0.152. The first-order valence-corrected chi connectivity index (χ1v) is 14.3. The maximum atomic E-state index is 10.6. The molecular formula is C34H36N6O2. The highest BCUT2D eigenvalue weighted by Gasteiger charge is 2.30. The van der Waals surface area contributed by atoms with E-state index in [2.05, 4.69) is 78.8 Å². The van der Waals surface area contributed by atoms with Crippen molar-refractivity contribution >= 4 is 0 Å². The van der Waals surface area contributed by atoms with Crippen molar-refractivity contribution in [2.24, 2.45) is 0 Å². The van der Waals surface area contributed by atoms with Crippen LogP contribution >= 0.6 is 0 Å². The summed E-state index contributed by atoms with van der Waals surface area (Å²) in [4.78, 5) is 27.9. The number of benzene rings is 3. The van der Waals surface area contributed by atoms with Gasteiger partial charge in [-0.1, -0.05) is 73.0 Å². The molecule has 5 rings (SSSR count). The number of hydrogen-bond acceptors (Lipinski definition) is 8. The summed E-state index contributed by atoms with van der Waals surface area (Å²) in [6, 6.07) is 19.4. The second kappa shape index (κ2) is 12.9. The van der Waals surface area contributed by atoms with Gasteiger partial charge < -0.3 is 9.84 Å². The summed E-state index contributed by atoms with van der Waals surface area (Å²) in [6.45, 7) is 10.4. The van der Waals surface area contributed by atoms with Crippen LogP contribution in [0.3, 0.4) is 0 Å². The van der Waals surface area contributed by atoms with E-state index in [1.54, 1.807) is 30.9 Å². The topological polar surface area (TPSA) is 107 Å². The zero-order chi connectivity index (χ0) is 29.6. The molecule has 0 aliphatic rings. The first-order chi connectivity index (χ1) is 20.3. The Labute approximate surface area is 247 Å². The van der Waals surface area contributed by atoms with Gasteiger partial charge in [0.25, 0.3) is 0 Å². The maximum absolute atomic E-state index is 10.6. The minimum Gasteiger partial charge on any atom is -0.504 e. The SMILES string of the molecule is CCCC(c1ncnc(-c2ccc(C)cc2C)n1)C(Cc1ncnc(-c2ccc(C)cc2C)n1)Oc1ccccc1O. The van der Waals surface area contributed by atoms with Crippen molar-refractivity contribution < 1.29 is 9.84 Å². The van der Waals surface area contributed by atoms with Crippen LogP contribution < -0.4 is 4.74 Å². The summed E-state index contributed by atoms with van der Waals surface area (Å²) in [5.41, 5.74) is 6.49. The molecule has 0 saturated carbocycles. The second-order valence-electron chi connectivity index (χ2n) is 10.8. The molecule has 0 radical (unpaired) electrons. The van der Waals surface area contributed by atoms with Gasteiger partial charge in [0.2, 0.25) is 0 Å². The van der Waals surface area contributed by atoms with Crippen LogP contribution in [0.25, 0.3) is 22.8 Å². The molecule has 0 bridgehead atoms. The third-order valence-electron chi connectivity index (χ3n) is 7.37. The molecule has 0 aliphatic carbocycles. The first kappa shape index (κ1) is 28.8. The van der Waals surface area contributed by atoms with E-state index in [9.17, 15) is 5.11 Å². The number of nitrogens with zero attached hydrogens (tertiary/aromatic N) is 6. The lowest BCUT2D eigenvalue weighted by Gasteiger charge is -2.27. The fraction of sp³-hybridized carbons (Fsp3) is 0.294. The van der Waals surface area contributed by atoms with Gasteiger partial charge in [0.15, 0.2) is 23.1 Å². The normalized spacial score (nSPS) is 12.6. The Morgan fingerprint density at radius 3 is 1.98 bits per heavy atom. The predicted molar refractivity (Wildman–Crippen MR) is 163 cm³/mol. The summed E-state index contributed by atoms with van der Waals surface area (Å²) in [5, 5.41) is 10.6. The van der Waals surface area contributed by atoms with E-state index in [0.29, 0.717) is 35.5 Å². The molecule has 5 aromatic rings. The molecule has 42 heavy (non-hydrogen) atoms. The van der Waals surface area contributed by atoms with Crippen LogP contribution in [-0.4, -0.2) is 41.1 Å². The van der Waals surface area contributed by atoms with E-state index in [4.69, 9.17) is 14.7 Å². The highest BCUT2D eigenvalue weighted by Crippen LogP contribution is 2.33. The number of rotatable bonds is 10. The van der Waals surface area contributed by atoms with Gasteiger partial charge in [0.1, 0.15) is 30.4 Å². The predicted octanol–water partition coefficient (Wildman–Crippen LogP) is 6.90. The average molecular weight is 561 g/mol. The molecule has 3 aromatic carbocycles. The third kappa shape index (κ3) is 6.60. The number of ether oxygens (including phenoxy) is 1. The number of para-hydroxylation sites is 2. The number of phenolic OH excluding ortho intramolecular Hbond substituents is 1. The summed E-state index contributed by atoms with van der Waals surface area (Å²) in [6.07, 6.45) is 4.64. The molecule has 2 heterocycles. The monoisotopic (exact) mass is 560 g/mol. The number of aromatic hydroxyl groups is 1. The van der Waals surface area contributed by atoms with Crippen LogP contribution in [0.2, 0.25) is 0 Å². The van der Waals surface area contributed by atoms with E-state index >= 15 is 0 Å². The Bertz CT molecular complexity index is 1690. The molecule has 2 atom stereocenters. The van der Waals surface area contributed by atoms with Crippen LogP contribution in [-0.2, 0) is 6.42 Å². The molecule has 1 N–H and O–H groups in total. The van der Waals surface area contributed by atoms with Crippen molar-refractivity contribution in [1.82, 2.24) is 29.9 Å². The minimum atomic E-state index is -0.470. The van der Waals surface area contributed by atoms with Crippen LogP contribution in [0, 0.1) is 27.7 Å². The van der Waals surface area contributed by atoms with Gasteiger partial charge in [0.05, 0.1) is 5.92 Å². The lowest BCUT2D eigenvalue weighted by Crippen LogP contribution is -2.30. The van der Waals surface area contributed by atoms with Crippen molar-refractivity contribution in [1.29, 1.82) is 0 Å². The number of aryl methyl sites for hydroxylation is 4. The number of hydrogen-bond donors (Lipinski definition) is 1. The van der Waals surface area contributed by atoms with Crippen molar-refractivity contribution in [3.63, 3.8) is 0 Å². The van der Waals surface area contributed by atoms with E-state index in [1.165, 1.54) is 11.1 Å². The molecule has 0 spiro atoms. The van der Waals surface area contributed by atoms with E-state index < -0.39 is 6.10 Å².